The smallest absolute Gasteiger partial charge is 0.307 e. The van der Waals surface area contributed by atoms with Crippen molar-refractivity contribution in [3.05, 3.63) is 38.9 Å². The van der Waals surface area contributed by atoms with Crippen LogP contribution < -0.4 is 0 Å². The molecule has 4 aliphatic rings. The summed E-state index contributed by atoms with van der Waals surface area (Å²) in [7, 11) is 1.87. The zero-order valence-electron chi connectivity index (χ0n) is 18.5. The molecule has 2 aromatic rings. The first-order chi connectivity index (χ1) is 15.2. The Balaban J connectivity index is 1.36. The van der Waals surface area contributed by atoms with Gasteiger partial charge >= 0.3 is 5.69 Å². The lowest BCUT2D eigenvalue weighted by Gasteiger charge is -2.62. The molecule has 0 N–H and O–H groups in total. The van der Waals surface area contributed by atoms with Crippen LogP contribution in [0.4, 0.5) is 5.69 Å². The lowest BCUT2D eigenvalue weighted by Crippen LogP contribution is -2.57. The summed E-state index contributed by atoms with van der Waals surface area (Å²) in [6, 6.07) is 0. The van der Waals surface area contributed by atoms with Gasteiger partial charge in [0.25, 0.3) is 0 Å². The van der Waals surface area contributed by atoms with Crippen molar-refractivity contribution < 1.29 is 9.72 Å². The molecular weight excluding hydrogens is 476 g/mol. The van der Waals surface area contributed by atoms with E-state index in [-0.39, 0.29) is 27.5 Å². The molecular formula is C22H29BrN6O3. The van der Waals surface area contributed by atoms with E-state index in [0.717, 1.165) is 48.8 Å². The Morgan fingerprint density at radius 1 is 1.28 bits per heavy atom. The number of nitrogens with zero attached hydrogens (tertiary/aromatic N) is 6. The Labute approximate surface area is 195 Å². The van der Waals surface area contributed by atoms with Crippen molar-refractivity contribution in [1.29, 1.82) is 0 Å². The van der Waals surface area contributed by atoms with Crippen molar-refractivity contribution in [2.45, 2.75) is 70.5 Å². The van der Waals surface area contributed by atoms with Gasteiger partial charge in [-0.25, -0.2) is 0 Å². The summed E-state index contributed by atoms with van der Waals surface area (Å²) in [6.45, 7) is 3.32. The SMILES string of the molecule is CCn1ncc(Br)c1CN(C)C(=O)CC12CC3CC(C1)CC(n1cc([N+](=O)[O-])cn1)(C3)C2. The van der Waals surface area contributed by atoms with E-state index in [2.05, 4.69) is 26.1 Å². The lowest BCUT2D eigenvalue weighted by atomic mass is 9.46. The highest BCUT2D eigenvalue weighted by atomic mass is 79.9. The fourth-order valence-corrected chi connectivity index (χ4v) is 7.55. The highest BCUT2D eigenvalue weighted by molar-refractivity contribution is 9.10. The molecule has 6 rings (SSSR count). The van der Waals surface area contributed by atoms with Gasteiger partial charge in [-0.2, -0.15) is 10.2 Å². The van der Waals surface area contributed by atoms with Gasteiger partial charge in [0.05, 0.1) is 33.4 Å². The molecule has 4 saturated carbocycles. The van der Waals surface area contributed by atoms with Crippen molar-refractivity contribution in [3.8, 4) is 0 Å². The molecule has 10 heteroatoms. The maximum Gasteiger partial charge on any atom is 0.307 e. The minimum Gasteiger partial charge on any atom is -0.340 e. The number of aromatic nitrogens is 4. The maximum atomic E-state index is 13.4. The Kier molecular flexibility index (Phi) is 5.18. The number of hydrogen-bond acceptors (Lipinski definition) is 5. The van der Waals surface area contributed by atoms with Crippen molar-refractivity contribution in [1.82, 2.24) is 24.5 Å². The molecule has 4 bridgehead atoms. The molecule has 32 heavy (non-hydrogen) atoms. The fourth-order valence-electron chi connectivity index (χ4n) is 7.13. The van der Waals surface area contributed by atoms with E-state index in [1.54, 1.807) is 12.4 Å². The largest absolute Gasteiger partial charge is 0.340 e. The summed E-state index contributed by atoms with van der Waals surface area (Å²) in [6.07, 6.45) is 11.5. The number of aryl methyl sites for hydroxylation is 1. The molecule has 0 spiro atoms. The van der Waals surface area contributed by atoms with Crippen LogP contribution in [-0.4, -0.2) is 42.3 Å². The molecule has 0 aliphatic heterocycles. The van der Waals surface area contributed by atoms with Gasteiger partial charge in [-0.1, -0.05) is 0 Å². The molecule has 2 heterocycles. The summed E-state index contributed by atoms with van der Waals surface area (Å²) in [5.74, 6) is 1.28. The topological polar surface area (TPSA) is 99.1 Å². The van der Waals surface area contributed by atoms with Crippen LogP contribution in [0, 0.1) is 27.4 Å². The number of halogens is 1. The third-order valence-corrected chi connectivity index (χ3v) is 8.62. The van der Waals surface area contributed by atoms with E-state index in [1.807, 2.05) is 28.2 Å². The average molecular weight is 505 g/mol. The van der Waals surface area contributed by atoms with Gasteiger partial charge < -0.3 is 4.90 Å². The van der Waals surface area contributed by atoms with Gasteiger partial charge in [-0.15, -0.1) is 0 Å². The highest BCUT2D eigenvalue weighted by Crippen LogP contribution is 2.65. The number of carbonyl (C=O) groups excluding carboxylic acids is 1. The maximum absolute atomic E-state index is 13.4. The van der Waals surface area contributed by atoms with Crippen LogP contribution in [0.25, 0.3) is 0 Å². The molecule has 4 fully saturated rings. The van der Waals surface area contributed by atoms with E-state index in [1.165, 1.54) is 12.6 Å². The summed E-state index contributed by atoms with van der Waals surface area (Å²) in [4.78, 5) is 26.0. The number of amides is 1. The van der Waals surface area contributed by atoms with Gasteiger partial charge in [0.15, 0.2) is 0 Å². The van der Waals surface area contributed by atoms with E-state index in [4.69, 9.17) is 0 Å². The lowest BCUT2D eigenvalue weighted by molar-refractivity contribution is -0.385. The highest BCUT2D eigenvalue weighted by Gasteiger charge is 2.59. The zero-order chi connectivity index (χ0) is 22.7. The predicted octanol–water partition coefficient (Wildman–Crippen LogP) is 4.11. The van der Waals surface area contributed by atoms with E-state index in [9.17, 15) is 14.9 Å². The minimum atomic E-state index is -0.378. The van der Waals surface area contributed by atoms with Gasteiger partial charge in [-0.05, 0) is 78.6 Å². The first-order valence-electron chi connectivity index (χ1n) is 11.4. The van der Waals surface area contributed by atoms with Crippen LogP contribution in [0.5, 0.6) is 0 Å². The Morgan fingerprint density at radius 3 is 2.62 bits per heavy atom. The van der Waals surface area contributed by atoms with Crippen LogP contribution >= 0.6 is 15.9 Å². The van der Waals surface area contributed by atoms with Crippen LogP contribution in [0.15, 0.2) is 23.1 Å². The standard InChI is InChI=1S/C22H29BrN6O3/c1-3-27-19(18(23)11-24-27)13-26(2)20(30)9-21-5-15-4-16(6-21)8-22(7-15,14-21)28-12-17(10-25-28)29(31)32/h10-12,15-16H,3-9,13-14H2,1-2H3. The second-order valence-corrected chi connectivity index (χ2v) is 11.1. The molecule has 0 saturated heterocycles. The average Bonchev–Trinajstić information content (AvgIpc) is 3.35. The van der Waals surface area contributed by atoms with Gasteiger partial charge in [0.2, 0.25) is 5.91 Å². The van der Waals surface area contributed by atoms with Gasteiger partial charge in [0, 0.05) is 20.0 Å². The third-order valence-electron chi connectivity index (χ3n) is 7.95. The number of carbonyl (C=O) groups is 1. The minimum absolute atomic E-state index is 0.0433. The Bertz CT molecular complexity index is 1050. The Morgan fingerprint density at radius 2 is 2.00 bits per heavy atom. The van der Waals surface area contributed by atoms with Gasteiger partial charge in [-0.3, -0.25) is 24.3 Å². The predicted molar refractivity (Wildman–Crippen MR) is 121 cm³/mol. The number of rotatable bonds is 7. The molecule has 1 amide bonds. The second kappa shape index (κ2) is 7.67. The zero-order valence-corrected chi connectivity index (χ0v) is 20.1. The number of nitro groups is 1. The molecule has 0 radical (unpaired) electrons. The van der Waals surface area contributed by atoms with Gasteiger partial charge in [0.1, 0.15) is 12.4 Å². The third kappa shape index (κ3) is 3.56. The molecule has 2 unspecified atom stereocenters. The fraction of sp³-hybridized carbons (Fsp3) is 0.682. The van der Waals surface area contributed by atoms with Crippen LogP contribution in [-0.2, 0) is 23.4 Å². The van der Waals surface area contributed by atoms with Crippen LogP contribution in [0.1, 0.15) is 57.6 Å². The first kappa shape index (κ1) is 21.6. The monoisotopic (exact) mass is 504 g/mol. The van der Waals surface area contributed by atoms with E-state index < -0.39 is 0 Å². The molecule has 2 atom stereocenters. The molecule has 172 valence electrons. The van der Waals surface area contributed by atoms with Crippen LogP contribution in [0.3, 0.4) is 0 Å². The quantitative estimate of drug-likeness (QED) is 0.417. The van der Waals surface area contributed by atoms with E-state index >= 15 is 0 Å². The van der Waals surface area contributed by atoms with Crippen molar-refractivity contribution in [2.75, 3.05) is 7.05 Å². The summed E-state index contributed by atoms with van der Waals surface area (Å²) >= 11 is 3.56. The van der Waals surface area contributed by atoms with E-state index in [0.29, 0.717) is 24.8 Å². The van der Waals surface area contributed by atoms with Crippen molar-refractivity contribution >= 4 is 27.5 Å². The molecule has 9 nitrogen and oxygen atoms in total. The second-order valence-electron chi connectivity index (χ2n) is 10.3. The number of hydrogen-bond donors (Lipinski definition) is 0. The first-order valence-corrected chi connectivity index (χ1v) is 12.2. The van der Waals surface area contributed by atoms with Crippen molar-refractivity contribution in [2.24, 2.45) is 17.3 Å². The molecule has 0 aromatic carbocycles. The normalized spacial score (nSPS) is 30.6. The van der Waals surface area contributed by atoms with Crippen LogP contribution in [0.2, 0.25) is 0 Å². The molecule has 4 aliphatic carbocycles. The summed E-state index contributed by atoms with van der Waals surface area (Å²) in [5, 5.41) is 20.0. The summed E-state index contributed by atoms with van der Waals surface area (Å²) < 4.78 is 4.70. The summed E-state index contributed by atoms with van der Waals surface area (Å²) in [5.41, 5.74) is 0.817. The Hall–Kier alpha value is -2.23. The molecule has 2 aromatic heterocycles. The van der Waals surface area contributed by atoms with Crippen molar-refractivity contribution in [3.63, 3.8) is 0 Å².